The second-order valence-corrected chi connectivity index (χ2v) is 6.45. The Hall–Kier alpha value is -2.12. The maximum Gasteiger partial charge on any atom is 0.347 e. The Labute approximate surface area is 152 Å². The topological polar surface area (TPSA) is 71.9 Å². The summed E-state index contributed by atoms with van der Waals surface area (Å²) in [4.78, 5) is 18.2. The van der Waals surface area contributed by atoms with Crippen LogP contribution in [0.3, 0.4) is 0 Å². The number of benzene rings is 1. The number of carboxylic acids is 1. The summed E-state index contributed by atoms with van der Waals surface area (Å²) >= 11 is 1.15. The highest BCUT2D eigenvalue weighted by atomic mass is 32.1. The van der Waals surface area contributed by atoms with Gasteiger partial charge in [-0.25, -0.2) is 9.78 Å². The van der Waals surface area contributed by atoms with Crippen molar-refractivity contribution in [2.45, 2.75) is 20.8 Å². The molecular formula is C18H24N2O4S. The number of hydrogen-bond acceptors (Lipinski definition) is 6. The van der Waals surface area contributed by atoms with Gasteiger partial charge in [-0.1, -0.05) is 19.9 Å². The van der Waals surface area contributed by atoms with Crippen molar-refractivity contribution < 1.29 is 19.4 Å². The van der Waals surface area contributed by atoms with Gasteiger partial charge >= 0.3 is 5.97 Å². The molecule has 1 aromatic heterocycles. The fourth-order valence-electron chi connectivity index (χ4n) is 2.52. The first kappa shape index (κ1) is 19.2. The number of aryl methyl sites for hydroxylation is 1. The normalized spacial score (nSPS) is 10.9. The minimum atomic E-state index is -0.965. The minimum absolute atomic E-state index is 0.243. The Morgan fingerprint density at radius 1 is 1.32 bits per heavy atom. The van der Waals surface area contributed by atoms with Crippen molar-refractivity contribution in [1.29, 1.82) is 0 Å². The van der Waals surface area contributed by atoms with Crippen molar-refractivity contribution in [3.05, 3.63) is 28.8 Å². The molecule has 25 heavy (non-hydrogen) atoms. The van der Waals surface area contributed by atoms with Gasteiger partial charge in [0.2, 0.25) is 0 Å². The van der Waals surface area contributed by atoms with E-state index in [1.807, 2.05) is 18.2 Å². The summed E-state index contributed by atoms with van der Waals surface area (Å²) in [6.07, 6.45) is 0. The first-order valence-electron chi connectivity index (χ1n) is 8.25. The van der Waals surface area contributed by atoms with Crippen molar-refractivity contribution in [3.63, 3.8) is 0 Å². The molecule has 0 unspecified atom stereocenters. The molecule has 0 spiro atoms. The zero-order valence-corrected chi connectivity index (χ0v) is 15.9. The van der Waals surface area contributed by atoms with Crippen LogP contribution < -0.4 is 9.47 Å². The van der Waals surface area contributed by atoms with Crippen LogP contribution in [0, 0.1) is 6.92 Å². The van der Waals surface area contributed by atoms with Crippen LogP contribution in [0.25, 0.3) is 10.6 Å². The van der Waals surface area contributed by atoms with Crippen molar-refractivity contribution >= 4 is 17.3 Å². The lowest BCUT2D eigenvalue weighted by molar-refractivity contribution is 0.0701. The molecule has 0 fully saturated rings. The van der Waals surface area contributed by atoms with E-state index in [2.05, 4.69) is 23.7 Å². The number of aromatic carboxylic acids is 1. The average molecular weight is 364 g/mol. The Balaban J connectivity index is 2.32. The number of nitrogens with zero attached hydrogens (tertiary/aromatic N) is 2. The molecule has 2 rings (SSSR count). The number of ether oxygens (including phenoxy) is 2. The van der Waals surface area contributed by atoms with Crippen LogP contribution >= 0.6 is 11.3 Å². The average Bonchev–Trinajstić information content (AvgIpc) is 3.00. The van der Waals surface area contributed by atoms with Crippen molar-refractivity contribution in [2.24, 2.45) is 0 Å². The predicted molar refractivity (Wildman–Crippen MR) is 99.1 cm³/mol. The molecule has 0 atom stereocenters. The first-order chi connectivity index (χ1) is 12.0. The molecule has 0 aliphatic rings. The Morgan fingerprint density at radius 3 is 2.60 bits per heavy atom. The minimum Gasteiger partial charge on any atom is -0.493 e. The molecule has 0 saturated heterocycles. The molecule has 0 radical (unpaired) electrons. The maximum absolute atomic E-state index is 11.3. The molecule has 7 heteroatoms. The zero-order valence-electron chi connectivity index (χ0n) is 15.0. The summed E-state index contributed by atoms with van der Waals surface area (Å²) in [7, 11) is 1.59. The van der Waals surface area contributed by atoms with Gasteiger partial charge in [0, 0.05) is 6.54 Å². The molecule has 6 nitrogen and oxygen atoms in total. The van der Waals surface area contributed by atoms with E-state index in [1.54, 1.807) is 14.0 Å². The summed E-state index contributed by atoms with van der Waals surface area (Å²) in [5, 5.41) is 9.88. The molecule has 1 N–H and O–H groups in total. The van der Waals surface area contributed by atoms with Gasteiger partial charge in [-0.15, -0.1) is 11.3 Å². The van der Waals surface area contributed by atoms with Crippen LogP contribution in [0.4, 0.5) is 0 Å². The smallest absolute Gasteiger partial charge is 0.347 e. The van der Waals surface area contributed by atoms with Gasteiger partial charge in [0.25, 0.3) is 0 Å². The van der Waals surface area contributed by atoms with Gasteiger partial charge in [-0.05, 0) is 32.1 Å². The van der Waals surface area contributed by atoms with Gasteiger partial charge < -0.3 is 19.5 Å². The lowest BCUT2D eigenvalue weighted by Crippen LogP contribution is -2.28. The molecule has 0 saturated carbocycles. The molecule has 0 aliphatic carbocycles. The predicted octanol–water partition coefficient (Wildman–Crippen LogP) is 3.55. The molecule has 1 aromatic carbocycles. The Bertz CT molecular complexity index is 726. The molecule has 0 aliphatic heterocycles. The van der Waals surface area contributed by atoms with E-state index in [4.69, 9.17) is 9.47 Å². The van der Waals surface area contributed by atoms with Crippen LogP contribution in [-0.2, 0) is 0 Å². The van der Waals surface area contributed by atoms with E-state index in [9.17, 15) is 9.90 Å². The molecule has 0 bridgehead atoms. The lowest BCUT2D eigenvalue weighted by Gasteiger charge is -2.19. The third-order valence-electron chi connectivity index (χ3n) is 3.97. The number of likely N-dealkylation sites (N-methyl/N-ethyl adjacent to an activating group) is 1. The zero-order chi connectivity index (χ0) is 18.4. The van der Waals surface area contributed by atoms with E-state index in [-0.39, 0.29) is 4.88 Å². The first-order valence-corrected chi connectivity index (χ1v) is 9.06. The fourth-order valence-corrected chi connectivity index (χ4v) is 3.45. The van der Waals surface area contributed by atoms with Crippen LogP contribution in [0.5, 0.6) is 11.5 Å². The second kappa shape index (κ2) is 8.82. The molecule has 136 valence electrons. The number of carboxylic acid groups (broad SMARTS) is 1. The van der Waals surface area contributed by atoms with Crippen LogP contribution in [0.1, 0.15) is 29.2 Å². The molecule has 0 amide bonds. The third-order valence-corrected chi connectivity index (χ3v) is 5.15. The third kappa shape index (κ3) is 4.49. The van der Waals surface area contributed by atoms with Crippen LogP contribution in [0.15, 0.2) is 18.2 Å². The Morgan fingerprint density at radius 2 is 2.04 bits per heavy atom. The van der Waals surface area contributed by atoms with Gasteiger partial charge in [0.05, 0.1) is 18.4 Å². The fraction of sp³-hybridized carbons (Fsp3) is 0.444. The number of methoxy groups -OCH3 is 1. The summed E-state index contributed by atoms with van der Waals surface area (Å²) in [6.45, 7) is 9.18. The number of para-hydroxylation sites is 1. The number of rotatable bonds is 9. The standard InChI is InChI=1S/C18H24N2O4S/c1-5-20(6-2)10-11-24-15-13(8-7-9-14(15)23-4)17-19-12(3)16(25-17)18(21)22/h7-9H,5-6,10-11H2,1-4H3,(H,21,22). The van der Waals surface area contributed by atoms with E-state index in [0.29, 0.717) is 28.8 Å². The highest BCUT2D eigenvalue weighted by molar-refractivity contribution is 7.17. The summed E-state index contributed by atoms with van der Waals surface area (Å²) in [5.41, 5.74) is 1.25. The lowest BCUT2D eigenvalue weighted by atomic mass is 10.2. The van der Waals surface area contributed by atoms with E-state index >= 15 is 0 Å². The van der Waals surface area contributed by atoms with Crippen molar-refractivity contribution in [2.75, 3.05) is 33.4 Å². The molecule has 1 heterocycles. The van der Waals surface area contributed by atoms with Crippen LogP contribution in [-0.4, -0.2) is 54.3 Å². The van der Waals surface area contributed by atoms with E-state index < -0.39 is 5.97 Å². The monoisotopic (exact) mass is 364 g/mol. The van der Waals surface area contributed by atoms with Crippen LogP contribution in [0.2, 0.25) is 0 Å². The summed E-state index contributed by atoms with van der Waals surface area (Å²) in [6, 6.07) is 5.55. The highest BCUT2D eigenvalue weighted by Crippen LogP contribution is 2.40. The number of hydrogen-bond donors (Lipinski definition) is 1. The Kier molecular flexibility index (Phi) is 6.78. The highest BCUT2D eigenvalue weighted by Gasteiger charge is 2.20. The quantitative estimate of drug-likeness (QED) is 0.734. The van der Waals surface area contributed by atoms with E-state index in [1.165, 1.54) is 0 Å². The van der Waals surface area contributed by atoms with Gasteiger partial charge in [-0.2, -0.15) is 0 Å². The summed E-state index contributed by atoms with van der Waals surface area (Å²) in [5.74, 6) is 0.248. The maximum atomic E-state index is 11.3. The number of aromatic nitrogens is 1. The number of carbonyl (C=O) groups is 1. The number of thiazole rings is 1. The largest absolute Gasteiger partial charge is 0.493 e. The summed E-state index contributed by atoms with van der Waals surface area (Å²) < 4.78 is 11.4. The molecular weight excluding hydrogens is 340 g/mol. The van der Waals surface area contributed by atoms with Gasteiger partial charge in [0.1, 0.15) is 16.5 Å². The van der Waals surface area contributed by atoms with Crippen molar-refractivity contribution in [1.82, 2.24) is 9.88 Å². The van der Waals surface area contributed by atoms with E-state index in [0.717, 1.165) is 36.5 Å². The molecule has 2 aromatic rings. The van der Waals surface area contributed by atoms with Gasteiger partial charge in [-0.3, -0.25) is 0 Å². The SMILES string of the molecule is CCN(CC)CCOc1c(OC)cccc1-c1nc(C)c(C(=O)O)s1. The van der Waals surface area contributed by atoms with Gasteiger partial charge in [0.15, 0.2) is 11.5 Å². The van der Waals surface area contributed by atoms with Crippen molar-refractivity contribution in [3.8, 4) is 22.1 Å². The second-order valence-electron chi connectivity index (χ2n) is 5.45.